The zero-order valence-electron chi connectivity index (χ0n) is 11.6. The van der Waals surface area contributed by atoms with Gasteiger partial charge in [-0.1, -0.05) is 48.5 Å². The molecule has 2 rings (SSSR count). The molecule has 21 heavy (non-hydrogen) atoms. The smallest absolute Gasteiger partial charge is 0.411 e. The minimum atomic E-state index is -0.506. The summed E-state index contributed by atoms with van der Waals surface area (Å²) in [5, 5.41) is 2.62. The maximum absolute atomic E-state index is 11.8. The molecule has 108 valence electrons. The normalized spacial score (nSPS) is 9.90. The number of Topliss-reactive ketones (excluding diaryl/α,β-unsaturated/α-hetero) is 1. The lowest BCUT2D eigenvalue weighted by atomic mass is 10.1. The third-order valence-corrected chi connectivity index (χ3v) is 2.90. The molecule has 1 amide bonds. The summed E-state index contributed by atoms with van der Waals surface area (Å²) < 4.78 is 5.03. The molecule has 1 N–H and O–H groups in total. The van der Waals surface area contributed by atoms with Gasteiger partial charge in [-0.25, -0.2) is 4.79 Å². The van der Waals surface area contributed by atoms with E-state index in [2.05, 4.69) is 5.32 Å². The molecule has 0 saturated carbocycles. The Labute approximate surface area is 123 Å². The van der Waals surface area contributed by atoms with Crippen molar-refractivity contribution in [2.75, 3.05) is 11.9 Å². The van der Waals surface area contributed by atoms with Gasteiger partial charge in [0.25, 0.3) is 0 Å². The standard InChI is InChI=1S/C17H17NO3/c19-16(14-8-3-1-4-9-14)12-7-13-21-17(20)18-15-10-5-2-6-11-15/h1-6,8-11H,7,12-13H2,(H,18,20). The first-order valence-electron chi connectivity index (χ1n) is 6.83. The summed E-state index contributed by atoms with van der Waals surface area (Å²) in [5.41, 5.74) is 1.37. The highest BCUT2D eigenvalue weighted by Crippen LogP contribution is 2.07. The molecular formula is C17H17NO3. The summed E-state index contributed by atoms with van der Waals surface area (Å²) in [6.07, 6.45) is 0.367. The summed E-state index contributed by atoms with van der Waals surface area (Å²) in [7, 11) is 0. The van der Waals surface area contributed by atoms with Crippen LogP contribution in [-0.4, -0.2) is 18.5 Å². The Balaban J connectivity index is 1.66. The molecule has 0 aliphatic carbocycles. The van der Waals surface area contributed by atoms with Crippen LogP contribution in [0.4, 0.5) is 10.5 Å². The Morgan fingerprint density at radius 2 is 1.52 bits per heavy atom. The van der Waals surface area contributed by atoms with Crippen molar-refractivity contribution in [3.05, 3.63) is 66.2 Å². The predicted octanol–water partition coefficient (Wildman–Crippen LogP) is 3.90. The number of hydrogen-bond donors (Lipinski definition) is 1. The zero-order chi connectivity index (χ0) is 14.9. The maximum Gasteiger partial charge on any atom is 0.411 e. The molecule has 0 bridgehead atoms. The van der Waals surface area contributed by atoms with Crippen LogP contribution in [0.3, 0.4) is 0 Å². The van der Waals surface area contributed by atoms with Crippen LogP contribution in [0.5, 0.6) is 0 Å². The lowest BCUT2D eigenvalue weighted by Crippen LogP contribution is -2.14. The first kappa shape index (κ1) is 14.8. The highest BCUT2D eigenvalue weighted by atomic mass is 16.5. The van der Waals surface area contributed by atoms with Crippen LogP contribution in [0.2, 0.25) is 0 Å². The third kappa shape index (κ3) is 5.10. The van der Waals surface area contributed by atoms with Gasteiger partial charge in [-0.3, -0.25) is 10.1 Å². The number of ketones is 1. The average molecular weight is 283 g/mol. The molecule has 0 spiro atoms. The fourth-order valence-electron chi connectivity index (χ4n) is 1.84. The molecule has 4 heteroatoms. The molecule has 2 aromatic rings. The van der Waals surface area contributed by atoms with Crippen molar-refractivity contribution in [3.8, 4) is 0 Å². The monoisotopic (exact) mass is 283 g/mol. The van der Waals surface area contributed by atoms with Crippen molar-refractivity contribution in [3.63, 3.8) is 0 Å². The second-order valence-electron chi connectivity index (χ2n) is 4.52. The number of nitrogens with one attached hydrogen (secondary N) is 1. The molecule has 4 nitrogen and oxygen atoms in total. The Morgan fingerprint density at radius 3 is 2.19 bits per heavy atom. The summed E-state index contributed by atoms with van der Waals surface area (Å²) >= 11 is 0. The molecule has 0 fully saturated rings. The molecule has 0 unspecified atom stereocenters. The number of hydrogen-bond acceptors (Lipinski definition) is 3. The predicted molar refractivity (Wildman–Crippen MR) is 81.4 cm³/mol. The average Bonchev–Trinajstić information content (AvgIpc) is 2.53. The van der Waals surface area contributed by atoms with Gasteiger partial charge in [0.05, 0.1) is 6.61 Å². The van der Waals surface area contributed by atoms with Crippen LogP contribution >= 0.6 is 0 Å². The van der Waals surface area contributed by atoms with Gasteiger partial charge >= 0.3 is 6.09 Å². The Morgan fingerprint density at radius 1 is 0.905 bits per heavy atom. The van der Waals surface area contributed by atoms with E-state index < -0.39 is 6.09 Å². The van der Waals surface area contributed by atoms with Gasteiger partial charge in [-0.05, 0) is 18.6 Å². The molecule has 0 radical (unpaired) electrons. The Bertz CT molecular complexity index is 581. The number of ether oxygens (including phenoxy) is 1. The van der Waals surface area contributed by atoms with Crippen LogP contribution in [0.25, 0.3) is 0 Å². The van der Waals surface area contributed by atoms with E-state index in [9.17, 15) is 9.59 Å². The van der Waals surface area contributed by atoms with E-state index in [4.69, 9.17) is 4.74 Å². The zero-order valence-corrected chi connectivity index (χ0v) is 11.6. The van der Waals surface area contributed by atoms with Crippen molar-refractivity contribution < 1.29 is 14.3 Å². The van der Waals surface area contributed by atoms with Gasteiger partial charge in [0.15, 0.2) is 5.78 Å². The fourth-order valence-corrected chi connectivity index (χ4v) is 1.84. The highest BCUT2D eigenvalue weighted by molar-refractivity contribution is 5.95. The van der Waals surface area contributed by atoms with Crippen molar-refractivity contribution in [2.24, 2.45) is 0 Å². The number of para-hydroxylation sites is 1. The van der Waals surface area contributed by atoms with E-state index in [1.807, 2.05) is 36.4 Å². The Hall–Kier alpha value is -2.62. The van der Waals surface area contributed by atoms with E-state index in [0.717, 1.165) is 0 Å². The molecule has 0 aliphatic heterocycles. The second kappa shape index (κ2) is 7.85. The molecule has 0 saturated heterocycles. The topological polar surface area (TPSA) is 55.4 Å². The van der Waals surface area contributed by atoms with E-state index in [0.29, 0.717) is 24.1 Å². The Kier molecular flexibility index (Phi) is 5.52. The van der Waals surface area contributed by atoms with Crippen LogP contribution in [-0.2, 0) is 4.74 Å². The lowest BCUT2D eigenvalue weighted by molar-refractivity contribution is 0.0964. The molecule has 0 aromatic heterocycles. The van der Waals surface area contributed by atoms with Gasteiger partial charge in [0.2, 0.25) is 0 Å². The number of carbonyl (C=O) groups excluding carboxylic acids is 2. The SMILES string of the molecule is O=C(Nc1ccccc1)OCCCC(=O)c1ccccc1. The maximum atomic E-state index is 11.8. The van der Waals surface area contributed by atoms with Gasteiger partial charge < -0.3 is 4.74 Å². The van der Waals surface area contributed by atoms with E-state index in [-0.39, 0.29) is 12.4 Å². The van der Waals surface area contributed by atoms with Crippen LogP contribution < -0.4 is 5.32 Å². The quantitative estimate of drug-likeness (QED) is 0.646. The molecule has 0 heterocycles. The second-order valence-corrected chi connectivity index (χ2v) is 4.52. The van der Waals surface area contributed by atoms with E-state index >= 15 is 0 Å². The number of rotatable bonds is 6. The van der Waals surface area contributed by atoms with Crippen LogP contribution in [0.15, 0.2) is 60.7 Å². The van der Waals surface area contributed by atoms with Crippen LogP contribution in [0, 0.1) is 0 Å². The van der Waals surface area contributed by atoms with Gasteiger partial charge in [-0.15, -0.1) is 0 Å². The van der Waals surface area contributed by atoms with Crippen molar-refractivity contribution in [1.29, 1.82) is 0 Å². The number of amides is 1. The first-order chi connectivity index (χ1) is 10.3. The van der Waals surface area contributed by atoms with E-state index in [1.165, 1.54) is 0 Å². The minimum Gasteiger partial charge on any atom is -0.449 e. The summed E-state index contributed by atoms with van der Waals surface area (Å²) in [4.78, 5) is 23.3. The van der Waals surface area contributed by atoms with Gasteiger partial charge in [0, 0.05) is 17.7 Å². The largest absolute Gasteiger partial charge is 0.449 e. The van der Waals surface area contributed by atoms with Crippen molar-refractivity contribution >= 4 is 17.6 Å². The summed E-state index contributed by atoms with van der Waals surface area (Å²) in [6, 6.07) is 18.2. The first-order valence-corrected chi connectivity index (χ1v) is 6.83. The lowest BCUT2D eigenvalue weighted by Gasteiger charge is -2.06. The molecule has 0 aliphatic rings. The highest BCUT2D eigenvalue weighted by Gasteiger charge is 2.06. The van der Waals surface area contributed by atoms with Gasteiger partial charge in [-0.2, -0.15) is 0 Å². The number of anilines is 1. The molecule has 2 aromatic carbocycles. The summed E-state index contributed by atoms with van der Waals surface area (Å²) in [6.45, 7) is 0.219. The number of carbonyl (C=O) groups is 2. The van der Waals surface area contributed by atoms with Gasteiger partial charge in [0.1, 0.15) is 0 Å². The van der Waals surface area contributed by atoms with Crippen LogP contribution in [0.1, 0.15) is 23.2 Å². The minimum absolute atomic E-state index is 0.0580. The molecule has 0 atom stereocenters. The van der Waals surface area contributed by atoms with E-state index in [1.54, 1.807) is 24.3 Å². The van der Waals surface area contributed by atoms with Crippen molar-refractivity contribution in [1.82, 2.24) is 0 Å². The molecular weight excluding hydrogens is 266 g/mol. The number of benzene rings is 2. The third-order valence-electron chi connectivity index (χ3n) is 2.90. The summed E-state index contributed by atoms with van der Waals surface area (Å²) in [5.74, 6) is 0.0580. The van der Waals surface area contributed by atoms with Crippen molar-refractivity contribution in [2.45, 2.75) is 12.8 Å². The fraction of sp³-hybridized carbons (Fsp3) is 0.176.